The Bertz CT molecular complexity index is 194. The molecule has 0 fully saturated rings. The Morgan fingerprint density at radius 1 is 1.20 bits per heavy atom. The number of hydrogen-bond donors (Lipinski definition) is 0. The van der Waals surface area contributed by atoms with Crippen LogP contribution in [0.4, 0.5) is 0 Å². The lowest BCUT2D eigenvalue weighted by molar-refractivity contribution is 1.31. The summed E-state index contributed by atoms with van der Waals surface area (Å²) in [5.41, 5.74) is 1.37. The number of aryl methyl sites for hydroxylation is 1. The lowest BCUT2D eigenvalue weighted by Crippen LogP contribution is -1.74. The maximum absolute atomic E-state index is 2.14. The summed E-state index contributed by atoms with van der Waals surface area (Å²) in [6, 6.07) is 8.40. The van der Waals surface area contributed by atoms with Crippen LogP contribution in [0.25, 0.3) is 0 Å². The summed E-state index contributed by atoms with van der Waals surface area (Å²) in [6.45, 7) is 2.13. The molecule has 0 heterocycles. The third kappa shape index (κ3) is 2.07. The first kappa shape index (κ1) is 9.57. The van der Waals surface area contributed by atoms with Crippen LogP contribution < -0.4 is 0 Å². The van der Waals surface area contributed by atoms with Crippen LogP contribution in [-0.2, 0) is 0 Å². The van der Waals surface area contributed by atoms with Crippen LogP contribution in [0, 0.1) is 6.92 Å². The van der Waals surface area contributed by atoms with Gasteiger partial charge in [-0.05, 0) is 24.8 Å². The molecule has 0 aliphatic heterocycles. The Morgan fingerprint density at radius 3 is 2.20 bits per heavy atom. The second-order valence-corrected chi connectivity index (χ2v) is 2.82. The van der Waals surface area contributed by atoms with Crippen molar-refractivity contribution in [3.63, 3.8) is 0 Å². The van der Waals surface area contributed by atoms with Crippen molar-refractivity contribution in [3.05, 3.63) is 29.8 Å². The van der Waals surface area contributed by atoms with E-state index in [9.17, 15) is 0 Å². The number of benzene rings is 1. The molecule has 0 aliphatic carbocycles. The molecule has 1 rings (SSSR count). The van der Waals surface area contributed by atoms with Gasteiger partial charge in [-0.15, -0.1) is 11.8 Å². The van der Waals surface area contributed by atoms with E-state index in [0.717, 1.165) is 0 Å². The zero-order chi connectivity index (χ0) is 6.69. The van der Waals surface area contributed by atoms with Gasteiger partial charge in [-0.2, -0.15) is 0 Å². The average molecular weight is 154 g/mol. The van der Waals surface area contributed by atoms with Gasteiger partial charge in [0.25, 0.3) is 0 Å². The third-order valence-electron chi connectivity index (χ3n) is 1.31. The molecule has 0 amide bonds. The quantitative estimate of drug-likeness (QED) is 0.559. The van der Waals surface area contributed by atoms with Gasteiger partial charge in [-0.25, -0.2) is 0 Å². The summed E-state index contributed by atoms with van der Waals surface area (Å²) >= 11 is 1.80. The molecule has 0 saturated heterocycles. The molecule has 10 heavy (non-hydrogen) atoms. The standard InChI is InChI=1S/C8H10S.CH4/c1-7-5-3-4-6-8(7)9-2;/h3-6H,1-2H3;1H4. The molecule has 0 unspecified atom stereocenters. The van der Waals surface area contributed by atoms with Crippen molar-refractivity contribution in [2.24, 2.45) is 0 Å². The second-order valence-electron chi connectivity index (χ2n) is 1.97. The van der Waals surface area contributed by atoms with Gasteiger partial charge in [0.05, 0.1) is 0 Å². The molecule has 0 aromatic heterocycles. The molecule has 0 spiro atoms. The Labute approximate surface area is 67.7 Å². The van der Waals surface area contributed by atoms with E-state index in [4.69, 9.17) is 0 Å². The van der Waals surface area contributed by atoms with E-state index in [-0.39, 0.29) is 7.43 Å². The predicted octanol–water partition coefficient (Wildman–Crippen LogP) is 3.35. The van der Waals surface area contributed by atoms with Crippen molar-refractivity contribution in [2.45, 2.75) is 19.2 Å². The molecular weight excluding hydrogens is 140 g/mol. The first-order valence-electron chi connectivity index (χ1n) is 2.94. The van der Waals surface area contributed by atoms with E-state index < -0.39 is 0 Å². The zero-order valence-corrected chi connectivity index (χ0v) is 6.53. The van der Waals surface area contributed by atoms with Crippen molar-refractivity contribution < 1.29 is 0 Å². The highest BCUT2D eigenvalue weighted by Gasteiger charge is 1.90. The van der Waals surface area contributed by atoms with Crippen LogP contribution >= 0.6 is 11.8 Å². The molecule has 1 aromatic rings. The molecule has 56 valence electrons. The van der Waals surface area contributed by atoms with Crippen LogP contribution in [0.15, 0.2) is 29.2 Å². The summed E-state index contributed by atoms with van der Waals surface area (Å²) in [5.74, 6) is 0. The summed E-state index contributed by atoms with van der Waals surface area (Å²) in [7, 11) is 0. The van der Waals surface area contributed by atoms with Crippen LogP contribution in [0.2, 0.25) is 0 Å². The van der Waals surface area contributed by atoms with Gasteiger partial charge in [-0.3, -0.25) is 0 Å². The highest BCUT2D eigenvalue weighted by molar-refractivity contribution is 7.98. The minimum Gasteiger partial charge on any atom is -0.129 e. The molecule has 0 atom stereocenters. The number of hydrogen-bond acceptors (Lipinski definition) is 1. The Kier molecular flexibility index (Phi) is 4.21. The van der Waals surface area contributed by atoms with Crippen LogP contribution in [0.1, 0.15) is 13.0 Å². The minimum atomic E-state index is 0. The zero-order valence-electron chi connectivity index (χ0n) is 5.72. The molecule has 0 nitrogen and oxygen atoms in total. The monoisotopic (exact) mass is 154 g/mol. The van der Waals surface area contributed by atoms with Gasteiger partial charge in [0.2, 0.25) is 0 Å². The smallest absolute Gasteiger partial charge is 0.00983 e. The van der Waals surface area contributed by atoms with Crippen molar-refractivity contribution in [1.82, 2.24) is 0 Å². The Morgan fingerprint density at radius 2 is 1.80 bits per heavy atom. The fraction of sp³-hybridized carbons (Fsp3) is 0.333. The lowest BCUT2D eigenvalue weighted by atomic mass is 10.2. The average Bonchev–Trinajstić information content (AvgIpc) is 1.89. The second kappa shape index (κ2) is 4.40. The van der Waals surface area contributed by atoms with E-state index in [1.165, 1.54) is 10.5 Å². The van der Waals surface area contributed by atoms with E-state index >= 15 is 0 Å². The van der Waals surface area contributed by atoms with Crippen LogP contribution in [-0.4, -0.2) is 6.26 Å². The summed E-state index contributed by atoms with van der Waals surface area (Å²) in [5, 5.41) is 0. The maximum atomic E-state index is 2.14. The maximum Gasteiger partial charge on any atom is 0.00983 e. The molecule has 0 radical (unpaired) electrons. The first-order chi connectivity index (χ1) is 4.34. The van der Waals surface area contributed by atoms with E-state index in [1.54, 1.807) is 11.8 Å². The number of thioether (sulfide) groups is 1. The van der Waals surface area contributed by atoms with Gasteiger partial charge < -0.3 is 0 Å². The lowest BCUT2D eigenvalue weighted by Gasteiger charge is -1.97. The molecule has 0 N–H and O–H groups in total. The van der Waals surface area contributed by atoms with Crippen LogP contribution in [0.5, 0.6) is 0 Å². The third-order valence-corrected chi connectivity index (χ3v) is 2.21. The normalized spacial score (nSPS) is 8.60. The Hall–Kier alpha value is -0.430. The predicted molar refractivity (Wildman–Crippen MR) is 49.7 cm³/mol. The first-order valence-corrected chi connectivity index (χ1v) is 4.16. The topological polar surface area (TPSA) is 0 Å². The van der Waals surface area contributed by atoms with Gasteiger partial charge in [-0.1, -0.05) is 25.6 Å². The highest BCUT2D eigenvalue weighted by atomic mass is 32.2. The number of rotatable bonds is 1. The largest absolute Gasteiger partial charge is 0.129 e. The Balaban J connectivity index is 0.000000810. The summed E-state index contributed by atoms with van der Waals surface area (Å²) < 4.78 is 0. The molecule has 0 saturated carbocycles. The van der Waals surface area contributed by atoms with Crippen molar-refractivity contribution >= 4 is 11.8 Å². The summed E-state index contributed by atoms with van der Waals surface area (Å²) in [6.07, 6.45) is 2.10. The van der Waals surface area contributed by atoms with Gasteiger partial charge >= 0.3 is 0 Å². The summed E-state index contributed by atoms with van der Waals surface area (Å²) in [4.78, 5) is 1.37. The van der Waals surface area contributed by atoms with Gasteiger partial charge in [0.1, 0.15) is 0 Å². The van der Waals surface area contributed by atoms with Gasteiger partial charge in [0.15, 0.2) is 0 Å². The molecule has 0 bridgehead atoms. The fourth-order valence-electron chi connectivity index (χ4n) is 0.785. The fourth-order valence-corrected chi connectivity index (χ4v) is 1.39. The van der Waals surface area contributed by atoms with E-state index in [2.05, 4.69) is 37.4 Å². The van der Waals surface area contributed by atoms with Crippen molar-refractivity contribution in [3.8, 4) is 0 Å². The van der Waals surface area contributed by atoms with Crippen molar-refractivity contribution in [2.75, 3.05) is 6.26 Å². The van der Waals surface area contributed by atoms with Crippen LogP contribution in [0.3, 0.4) is 0 Å². The minimum absolute atomic E-state index is 0. The van der Waals surface area contributed by atoms with Crippen molar-refractivity contribution in [1.29, 1.82) is 0 Å². The molecule has 1 aromatic carbocycles. The SMILES string of the molecule is C.CSc1ccccc1C. The highest BCUT2D eigenvalue weighted by Crippen LogP contribution is 2.17. The van der Waals surface area contributed by atoms with Gasteiger partial charge in [0, 0.05) is 4.90 Å². The molecule has 1 heteroatoms. The molecular formula is C9H14S. The van der Waals surface area contributed by atoms with E-state index in [1.807, 2.05) is 0 Å². The molecule has 0 aliphatic rings. The van der Waals surface area contributed by atoms with E-state index in [0.29, 0.717) is 0 Å².